The molecular formula is C18H22FN3O4S. The van der Waals surface area contributed by atoms with E-state index in [1.54, 1.807) is 19.1 Å². The molecule has 146 valence electrons. The summed E-state index contributed by atoms with van der Waals surface area (Å²) in [5, 5.41) is 15.5. The van der Waals surface area contributed by atoms with Gasteiger partial charge in [-0.05, 0) is 48.9 Å². The smallest absolute Gasteiger partial charge is 0.292 e. The number of hydrogen-bond acceptors (Lipinski definition) is 5. The third kappa shape index (κ3) is 5.01. The highest BCUT2D eigenvalue weighted by molar-refractivity contribution is 7.89. The van der Waals surface area contributed by atoms with E-state index in [1.165, 1.54) is 24.3 Å². The highest BCUT2D eigenvalue weighted by Gasteiger charge is 2.19. The first-order valence-electron chi connectivity index (χ1n) is 8.36. The Kier molecular flexibility index (Phi) is 6.17. The van der Waals surface area contributed by atoms with Gasteiger partial charge in [0.05, 0.1) is 10.2 Å². The summed E-state index contributed by atoms with van der Waals surface area (Å²) < 4.78 is 37.2. The number of benzene rings is 2. The van der Waals surface area contributed by atoms with Crippen LogP contribution in [0.1, 0.15) is 38.2 Å². The molecule has 0 saturated carbocycles. The number of rotatable bonds is 7. The van der Waals surface area contributed by atoms with Crippen molar-refractivity contribution in [3.63, 3.8) is 0 Å². The highest BCUT2D eigenvalue weighted by Crippen LogP contribution is 2.32. The quantitative estimate of drug-likeness (QED) is 0.421. The summed E-state index contributed by atoms with van der Waals surface area (Å²) in [4.78, 5) is 10.4. The van der Waals surface area contributed by atoms with Crippen LogP contribution in [0, 0.1) is 15.9 Å². The molecule has 0 radical (unpaired) electrons. The molecule has 2 rings (SSSR count). The van der Waals surface area contributed by atoms with Crippen LogP contribution in [-0.4, -0.2) is 18.6 Å². The van der Waals surface area contributed by atoms with Crippen LogP contribution >= 0.6 is 0 Å². The van der Waals surface area contributed by atoms with E-state index in [4.69, 9.17) is 10.9 Å². The lowest BCUT2D eigenvalue weighted by Gasteiger charge is -2.16. The summed E-state index contributed by atoms with van der Waals surface area (Å²) in [6.45, 7) is 3.41. The molecule has 0 bridgehead atoms. The minimum atomic E-state index is -3.59. The second-order valence-electron chi connectivity index (χ2n) is 6.65. The van der Waals surface area contributed by atoms with Crippen LogP contribution in [0.3, 0.4) is 0 Å². The zero-order chi connectivity index (χ0) is 20.4. The zero-order valence-electron chi connectivity index (χ0n) is 15.1. The molecule has 0 fully saturated rings. The van der Waals surface area contributed by atoms with Gasteiger partial charge in [-0.2, -0.15) is 0 Å². The molecule has 7 nitrogen and oxygen atoms in total. The van der Waals surface area contributed by atoms with Crippen molar-refractivity contribution in [2.45, 2.75) is 37.9 Å². The summed E-state index contributed by atoms with van der Waals surface area (Å²) in [5.74, 6) is -0.587. The summed E-state index contributed by atoms with van der Waals surface area (Å²) in [6.07, 6.45) is 0.900. The van der Waals surface area contributed by atoms with E-state index in [1.807, 2.05) is 6.92 Å². The number of sulfonamides is 1. The molecule has 0 spiro atoms. The fourth-order valence-electron chi connectivity index (χ4n) is 2.76. The second kappa shape index (κ2) is 8.01. The van der Waals surface area contributed by atoms with Crippen molar-refractivity contribution in [2.24, 2.45) is 5.14 Å². The maximum Gasteiger partial charge on any atom is 0.292 e. The van der Waals surface area contributed by atoms with Gasteiger partial charge in [-0.15, -0.1) is 0 Å². The molecular weight excluding hydrogens is 373 g/mol. The minimum absolute atomic E-state index is 0.0124. The van der Waals surface area contributed by atoms with Gasteiger partial charge in [0, 0.05) is 11.6 Å². The van der Waals surface area contributed by atoms with E-state index < -0.39 is 26.0 Å². The minimum Gasteiger partial charge on any atom is -0.393 e. The Balaban J connectivity index is 2.23. The van der Waals surface area contributed by atoms with Gasteiger partial charge in [0.25, 0.3) is 5.69 Å². The molecule has 2 aromatic carbocycles. The third-order valence-corrected chi connectivity index (χ3v) is 6.02. The van der Waals surface area contributed by atoms with Gasteiger partial charge >= 0.3 is 0 Å². The second-order valence-corrected chi connectivity index (χ2v) is 8.63. The molecule has 2 unspecified atom stereocenters. The molecule has 2 aromatic rings. The lowest BCUT2D eigenvalue weighted by Crippen LogP contribution is -2.26. The Hall–Kier alpha value is -2.52. The van der Waals surface area contributed by atoms with Crippen LogP contribution in [-0.2, 0) is 10.0 Å². The number of nitrogens with two attached hydrogens (primary N) is 2. The average Bonchev–Trinajstić information content (AvgIpc) is 2.58. The van der Waals surface area contributed by atoms with Crippen molar-refractivity contribution in [3.05, 3.63) is 57.9 Å². The molecule has 9 heteroatoms. The fraction of sp³-hybridized carbons (Fsp3) is 0.333. The first-order chi connectivity index (χ1) is 12.5. The van der Waals surface area contributed by atoms with Crippen molar-refractivity contribution >= 4 is 21.4 Å². The lowest BCUT2D eigenvalue weighted by atomic mass is 9.93. The fourth-order valence-corrected chi connectivity index (χ4v) is 3.22. The van der Waals surface area contributed by atoms with Gasteiger partial charge in [0.1, 0.15) is 11.5 Å². The topological polar surface area (TPSA) is 129 Å². The Morgan fingerprint density at radius 1 is 1.15 bits per heavy atom. The van der Waals surface area contributed by atoms with Crippen molar-refractivity contribution in [2.75, 3.05) is 5.73 Å². The number of halogens is 1. The van der Waals surface area contributed by atoms with Crippen LogP contribution in [0.5, 0.6) is 0 Å². The molecule has 0 aromatic heterocycles. The maximum atomic E-state index is 14.6. The molecule has 0 aliphatic rings. The van der Waals surface area contributed by atoms with E-state index in [9.17, 15) is 22.9 Å². The van der Waals surface area contributed by atoms with E-state index in [2.05, 4.69) is 0 Å². The van der Waals surface area contributed by atoms with Gasteiger partial charge in [-0.1, -0.05) is 25.1 Å². The van der Waals surface area contributed by atoms with Gasteiger partial charge in [0.15, 0.2) is 0 Å². The summed E-state index contributed by atoms with van der Waals surface area (Å²) in [5.41, 5.74) is 6.60. The molecule has 27 heavy (non-hydrogen) atoms. The van der Waals surface area contributed by atoms with Gasteiger partial charge in [-0.3, -0.25) is 10.1 Å². The van der Waals surface area contributed by atoms with Crippen LogP contribution < -0.4 is 10.9 Å². The number of nitro groups is 1. The lowest BCUT2D eigenvalue weighted by molar-refractivity contribution is -0.383. The van der Waals surface area contributed by atoms with Crippen LogP contribution in [0.4, 0.5) is 15.8 Å². The van der Waals surface area contributed by atoms with Crippen LogP contribution in [0.2, 0.25) is 0 Å². The summed E-state index contributed by atoms with van der Waals surface area (Å²) in [6, 6.07) is 8.79. The zero-order valence-corrected chi connectivity index (χ0v) is 15.9. The number of nitrogen functional groups attached to an aromatic ring is 1. The van der Waals surface area contributed by atoms with E-state index >= 15 is 0 Å². The van der Waals surface area contributed by atoms with E-state index in [-0.39, 0.29) is 22.9 Å². The number of anilines is 1. The summed E-state index contributed by atoms with van der Waals surface area (Å²) >= 11 is 0. The standard InChI is InChI=1S/C18H22FN3O4S/c1-11(3-4-12(2)27(21,25)26)13-5-7-15(16(19)9-13)14-6-8-17(20)18(10-14)22(23)24/h5-12H,3-4,20H2,1-2H3,(H2,21,25,26). The van der Waals surface area contributed by atoms with Gasteiger partial charge < -0.3 is 5.73 Å². The SMILES string of the molecule is CC(CCC(C)S(N)(=O)=O)c1ccc(-c2ccc(N)c([N+](=O)[O-])c2)c(F)c1. The van der Waals surface area contributed by atoms with Crippen LogP contribution in [0.15, 0.2) is 36.4 Å². The van der Waals surface area contributed by atoms with Crippen molar-refractivity contribution in [3.8, 4) is 11.1 Å². The van der Waals surface area contributed by atoms with Crippen molar-refractivity contribution in [1.29, 1.82) is 0 Å². The van der Waals surface area contributed by atoms with Crippen molar-refractivity contribution in [1.82, 2.24) is 0 Å². The predicted octanol–water partition coefficient (Wildman–Crippen LogP) is 3.54. The van der Waals surface area contributed by atoms with E-state index in [0.29, 0.717) is 24.0 Å². The van der Waals surface area contributed by atoms with Crippen molar-refractivity contribution < 1.29 is 17.7 Å². The molecule has 0 saturated heterocycles. The monoisotopic (exact) mass is 395 g/mol. The maximum absolute atomic E-state index is 14.6. The average molecular weight is 395 g/mol. The Morgan fingerprint density at radius 2 is 1.81 bits per heavy atom. The van der Waals surface area contributed by atoms with Gasteiger partial charge in [-0.25, -0.2) is 17.9 Å². The molecule has 4 N–H and O–H groups in total. The molecule has 2 atom stereocenters. The third-order valence-electron chi connectivity index (χ3n) is 4.67. The Bertz CT molecular complexity index is 963. The molecule has 0 aliphatic heterocycles. The Morgan fingerprint density at radius 3 is 2.37 bits per heavy atom. The number of primary sulfonamides is 1. The largest absolute Gasteiger partial charge is 0.393 e. The molecule has 0 amide bonds. The molecule has 0 heterocycles. The number of nitrogens with zero attached hydrogens (tertiary/aromatic N) is 1. The van der Waals surface area contributed by atoms with Crippen LogP contribution in [0.25, 0.3) is 11.1 Å². The van der Waals surface area contributed by atoms with E-state index in [0.717, 1.165) is 0 Å². The number of hydrogen-bond donors (Lipinski definition) is 2. The predicted molar refractivity (Wildman–Crippen MR) is 103 cm³/mol. The normalized spacial score (nSPS) is 13.9. The number of nitro benzene ring substituents is 1. The first-order valence-corrected chi connectivity index (χ1v) is 9.97. The molecule has 0 aliphatic carbocycles. The summed E-state index contributed by atoms with van der Waals surface area (Å²) in [7, 11) is -3.59. The highest BCUT2D eigenvalue weighted by atomic mass is 32.2. The van der Waals surface area contributed by atoms with Gasteiger partial charge in [0.2, 0.25) is 10.0 Å². The first kappa shape index (κ1) is 20.8. The Labute approximate surface area is 157 Å².